The molecule has 1 fully saturated rings. The summed E-state index contributed by atoms with van der Waals surface area (Å²) < 4.78 is 39.2. The number of hydrogen-bond donors (Lipinski definition) is 0. The standard InChI is InChI=1S/C21H23N3O4S/c1-27-20-10-3-2-7-16(20)13-17-14-23-21(28-17)19-9-4-5-12-24(19)29(25,26)18-8-6-11-22-15-18/h2-3,6-8,10-11,14-15,19H,4-5,9,12-13H2,1H3. The Labute approximate surface area is 170 Å². The van der Waals surface area contributed by atoms with E-state index >= 15 is 0 Å². The Kier molecular flexibility index (Phi) is 5.64. The number of aromatic nitrogens is 2. The van der Waals surface area contributed by atoms with Crippen LogP contribution in [-0.2, 0) is 16.4 Å². The Morgan fingerprint density at radius 3 is 2.83 bits per heavy atom. The average molecular weight is 413 g/mol. The lowest BCUT2D eigenvalue weighted by Crippen LogP contribution is -2.38. The summed E-state index contributed by atoms with van der Waals surface area (Å²) in [6.45, 7) is 0.437. The summed E-state index contributed by atoms with van der Waals surface area (Å²) in [7, 11) is -2.04. The number of sulfonamides is 1. The second-order valence-electron chi connectivity index (χ2n) is 6.97. The van der Waals surface area contributed by atoms with Crippen molar-refractivity contribution in [2.24, 2.45) is 0 Å². The molecule has 0 radical (unpaired) electrons. The van der Waals surface area contributed by atoms with Crippen LogP contribution in [0.25, 0.3) is 0 Å². The quantitative estimate of drug-likeness (QED) is 0.614. The van der Waals surface area contributed by atoms with E-state index in [1.807, 2.05) is 24.3 Å². The van der Waals surface area contributed by atoms with Gasteiger partial charge in [-0.15, -0.1) is 0 Å². The van der Waals surface area contributed by atoms with E-state index in [0.717, 1.165) is 24.2 Å². The van der Waals surface area contributed by atoms with Gasteiger partial charge in [0.1, 0.15) is 22.4 Å². The van der Waals surface area contributed by atoms with Crippen molar-refractivity contribution in [2.45, 2.75) is 36.6 Å². The number of oxazole rings is 1. The molecule has 7 nitrogen and oxygen atoms in total. The Morgan fingerprint density at radius 1 is 1.17 bits per heavy atom. The van der Waals surface area contributed by atoms with Crippen LogP contribution >= 0.6 is 0 Å². The first-order valence-corrected chi connectivity index (χ1v) is 11.0. The molecule has 1 aromatic carbocycles. The summed E-state index contributed by atoms with van der Waals surface area (Å²) in [5, 5.41) is 0. The third-order valence-electron chi connectivity index (χ3n) is 5.11. The normalized spacial score (nSPS) is 17.9. The van der Waals surface area contributed by atoms with Crippen molar-refractivity contribution in [1.29, 1.82) is 0 Å². The second kappa shape index (κ2) is 8.34. The third kappa shape index (κ3) is 4.04. The van der Waals surface area contributed by atoms with Gasteiger partial charge in [-0.25, -0.2) is 13.4 Å². The van der Waals surface area contributed by atoms with Crippen molar-refractivity contribution in [2.75, 3.05) is 13.7 Å². The zero-order chi connectivity index (χ0) is 20.3. The zero-order valence-corrected chi connectivity index (χ0v) is 17.0. The summed E-state index contributed by atoms with van der Waals surface area (Å²) in [5.41, 5.74) is 0.987. The van der Waals surface area contributed by atoms with Crippen LogP contribution in [0.15, 0.2) is 64.3 Å². The monoisotopic (exact) mass is 413 g/mol. The van der Waals surface area contributed by atoms with Crippen LogP contribution in [0.2, 0.25) is 0 Å². The maximum Gasteiger partial charge on any atom is 0.245 e. The van der Waals surface area contributed by atoms with Gasteiger partial charge in [-0.2, -0.15) is 4.31 Å². The Bertz CT molecular complexity index is 1070. The molecule has 0 amide bonds. The number of pyridine rings is 1. The van der Waals surface area contributed by atoms with Gasteiger partial charge in [0, 0.05) is 30.9 Å². The molecule has 152 valence electrons. The number of methoxy groups -OCH3 is 1. The highest BCUT2D eigenvalue weighted by atomic mass is 32.2. The molecule has 2 aromatic heterocycles. The van der Waals surface area contributed by atoms with Crippen LogP contribution in [0.3, 0.4) is 0 Å². The van der Waals surface area contributed by atoms with Gasteiger partial charge < -0.3 is 9.15 Å². The number of piperidine rings is 1. The molecule has 0 N–H and O–H groups in total. The first kappa shape index (κ1) is 19.6. The molecule has 1 atom stereocenters. The van der Waals surface area contributed by atoms with Crippen LogP contribution in [0.1, 0.15) is 42.5 Å². The number of para-hydroxylation sites is 1. The Morgan fingerprint density at radius 2 is 2.03 bits per heavy atom. The molecule has 1 aliphatic heterocycles. The molecular formula is C21H23N3O4S. The lowest BCUT2D eigenvalue weighted by Gasteiger charge is -2.32. The minimum absolute atomic E-state index is 0.188. The van der Waals surface area contributed by atoms with Crippen molar-refractivity contribution in [3.05, 3.63) is 72.2 Å². The van der Waals surface area contributed by atoms with E-state index in [2.05, 4.69) is 9.97 Å². The summed E-state index contributed by atoms with van der Waals surface area (Å²) in [6.07, 6.45) is 7.55. The molecule has 0 bridgehead atoms. The van der Waals surface area contributed by atoms with Crippen LogP contribution < -0.4 is 4.74 Å². The predicted octanol–water partition coefficient (Wildman–Crippen LogP) is 3.58. The highest BCUT2D eigenvalue weighted by Crippen LogP contribution is 2.35. The molecule has 0 spiro atoms. The fourth-order valence-electron chi connectivity index (χ4n) is 3.67. The van der Waals surface area contributed by atoms with Crippen molar-refractivity contribution in [1.82, 2.24) is 14.3 Å². The van der Waals surface area contributed by atoms with Gasteiger partial charge in [0.2, 0.25) is 15.9 Å². The van der Waals surface area contributed by atoms with Crippen LogP contribution in [0, 0.1) is 0 Å². The van der Waals surface area contributed by atoms with E-state index in [-0.39, 0.29) is 4.90 Å². The summed E-state index contributed by atoms with van der Waals surface area (Å²) in [6, 6.07) is 10.5. The van der Waals surface area contributed by atoms with Gasteiger partial charge in [0.25, 0.3) is 0 Å². The van der Waals surface area contributed by atoms with E-state index < -0.39 is 16.1 Å². The maximum atomic E-state index is 13.2. The molecule has 1 aliphatic rings. The molecule has 8 heteroatoms. The first-order chi connectivity index (χ1) is 14.1. The number of hydrogen-bond acceptors (Lipinski definition) is 6. The lowest BCUT2D eigenvalue weighted by atomic mass is 10.1. The Hall–Kier alpha value is -2.71. The number of benzene rings is 1. The van der Waals surface area contributed by atoms with E-state index in [1.54, 1.807) is 31.6 Å². The molecule has 0 aliphatic carbocycles. The van der Waals surface area contributed by atoms with Gasteiger partial charge >= 0.3 is 0 Å². The van der Waals surface area contributed by atoms with Crippen LogP contribution in [0.4, 0.5) is 0 Å². The number of nitrogens with zero attached hydrogens (tertiary/aromatic N) is 3. The number of rotatable bonds is 6. The van der Waals surface area contributed by atoms with E-state index in [0.29, 0.717) is 31.0 Å². The molecule has 1 saturated heterocycles. The highest BCUT2D eigenvalue weighted by Gasteiger charge is 2.37. The molecule has 0 saturated carbocycles. The topological polar surface area (TPSA) is 85.5 Å². The zero-order valence-electron chi connectivity index (χ0n) is 16.2. The highest BCUT2D eigenvalue weighted by molar-refractivity contribution is 7.89. The van der Waals surface area contributed by atoms with E-state index in [1.165, 1.54) is 10.5 Å². The molecule has 3 aromatic rings. The van der Waals surface area contributed by atoms with E-state index in [4.69, 9.17) is 9.15 Å². The van der Waals surface area contributed by atoms with E-state index in [9.17, 15) is 8.42 Å². The molecule has 4 rings (SSSR count). The first-order valence-electron chi connectivity index (χ1n) is 9.58. The van der Waals surface area contributed by atoms with Crippen molar-refractivity contribution < 1.29 is 17.6 Å². The van der Waals surface area contributed by atoms with Crippen molar-refractivity contribution in [3.8, 4) is 5.75 Å². The molecule has 29 heavy (non-hydrogen) atoms. The van der Waals surface area contributed by atoms with Crippen LogP contribution in [-0.4, -0.2) is 36.3 Å². The summed E-state index contributed by atoms with van der Waals surface area (Å²) in [4.78, 5) is 8.56. The van der Waals surface area contributed by atoms with Gasteiger partial charge in [-0.05, 0) is 31.0 Å². The molecular weight excluding hydrogens is 390 g/mol. The molecule has 3 heterocycles. The summed E-state index contributed by atoms with van der Waals surface area (Å²) in [5.74, 6) is 1.89. The van der Waals surface area contributed by atoms with Gasteiger partial charge in [0.15, 0.2) is 0 Å². The van der Waals surface area contributed by atoms with Crippen molar-refractivity contribution in [3.63, 3.8) is 0 Å². The van der Waals surface area contributed by atoms with Gasteiger partial charge in [-0.3, -0.25) is 4.98 Å². The minimum atomic E-state index is -3.67. The second-order valence-corrected chi connectivity index (χ2v) is 8.86. The fourth-order valence-corrected chi connectivity index (χ4v) is 5.29. The maximum absolute atomic E-state index is 13.2. The third-order valence-corrected chi connectivity index (χ3v) is 7.00. The Balaban J connectivity index is 1.60. The predicted molar refractivity (Wildman–Crippen MR) is 107 cm³/mol. The SMILES string of the molecule is COc1ccccc1Cc1cnc(C2CCCCN2S(=O)(=O)c2cccnc2)o1. The fraction of sp³-hybridized carbons (Fsp3) is 0.333. The van der Waals surface area contributed by atoms with Gasteiger partial charge in [0.05, 0.1) is 13.3 Å². The van der Waals surface area contributed by atoms with Crippen molar-refractivity contribution >= 4 is 10.0 Å². The molecule has 1 unspecified atom stereocenters. The minimum Gasteiger partial charge on any atom is -0.496 e. The largest absolute Gasteiger partial charge is 0.496 e. The lowest BCUT2D eigenvalue weighted by molar-refractivity contribution is 0.216. The summed E-state index contributed by atoms with van der Waals surface area (Å²) >= 11 is 0. The number of ether oxygens (including phenoxy) is 1. The van der Waals surface area contributed by atoms with Crippen LogP contribution in [0.5, 0.6) is 5.75 Å². The van der Waals surface area contributed by atoms with Gasteiger partial charge in [-0.1, -0.05) is 24.6 Å². The smallest absolute Gasteiger partial charge is 0.245 e. The average Bonchev–Trinajstić information content (AvgIpc) is 3.23.